The van der Waals surface area contributed by atoms with Gasteiger partial charge in [0.1, 0.15) is 16.3 Å². The minimum absolute atomic E-state index is 0.0225. The van der Waals surface area contributed by atoms with Gasteiger partial charge in [0.15, 0.2) is 5.16 Å². The molecule has 5 rings (SSSR count). The number of carbonyl (C=O) groups is 2. The van der Waals surface area contributed by atoms with Crippen molar-refractivity contribution >= 4 is 56.5 Å². The highest BCUT2D eigenvalue weighted by atomic mass is 32.2. The number of hydrogen-bond donors (Lipinski definition) is 2. The van der Waals surface area contributed by atoms with Gasteiger partial charge in [-0.2, -0.15) is 0 Å². The molecule has 0 unspecified atom stereocenters. The Labute approximate surface area is 221 Å². The van der Waals surface area contributed by atoms with Crippen LogP contribution in [0.4, 0.5) is 11.4 Å². The molecule has 37 heavy (non-hydrogen) atoms. The van der Waals surface area contributed by atoms with Crippen LogP contribution in [0.2, 0.25) is 0 Å². The minimum atomic E-state index is -0.298. The van der Waals surface area contributed by atoms with Crippen LogP contribution in [0.1, 0.15) is 36.0 Å². The lowest BCUT2D eigenvalue weighted by molar-refractivity contribution is -0.114. The quantitative estimate of drug-likeness (QED) is 0.247. The molecule has 0 spiro atoms. The summed E-state index contributed by atoms with van der Waals surface area (Å²) in [5.74, 6) is 0.607. The lowest BCUT2D eigenvalue weighted by Gasteiger charge is -2.14. The molecule has 2 amide bonds. The molecule has 0 bridgehead atoms. The molecule has 9 nitrogen and oxygen atoms in total. The second kappa shape index (κ2) is 10.8. The topological polar surface area (TPSA) is 115 Å². The van der Waals surface area contributed by atoms with Gasteiger partial charge in [0, 0.05) is 17.5 Å². The molecule has 4 aromatic rings. The lowest BCUT2D eigenvalue weighted by atomic mass is 9.97. The molecule has 0 aliphatic heterocycles. The first-order valence-electron chi connectivity index (χ1n) is 11.9. The molecule has 0 atom stereocenters. The standard InChI is InChI=1S/C26H26N4O5S2/c1-15(31)27-16-9-10-20(34-2)19(12-16)28-22(32)14-36-26-29-24-23(18-7-3-4-8-21(18)37-24)25(33)30(26)13-17-6-5-11-35-17/h5-6,9-12H,3-4,7-8,13-14H2,1-2H3,(H,27,31)(H,28,32). The summed E-state index contributed by atoms with van der Waals surface area (Å²) in [5.41, 5.74) is 1.99. The van der Waals surface area contributed by atoms with E-state index in [-0.39, 0.29) is 29.7 Å². The van der Waals surface area contributed by atoms with E-state index in [1.165, 1.54) is 30.7 Å². The van der Waals surface area contributed by atoms with Crippen molar-refractivity contribution in [1.29, 1.82) is 0 Å². The Balaban J connectivity index is 1.42. The van der Waals surface area contributed by atoms with Gasteiger partial charge in [-0.15, -0.1) is 11.3 Å². The first-order valence-corrected chi connectivity index (χ1v) is 13.7. The normalized spacial score (nSPS) is 12.8. The van der Waals surface area contributed by atoms with E-state index < -0.39 is 0 Å². The molecule has 0 saturated carbocycles. The number of methoxy groups -OCH3 is 1. The van der Waals surface area contributed by atoms with E-state index >= 15 is 0 Å². The number of fused-ring (bicyclic) bond motifs is 3. The highest BCUT2D eigenvalue weighted by Gasteiger charge is 2.23. The van der Waals surface area contributed by atoms with E-state index in [1.807, 2.05) is 6.07 Å². The summed E-state index contributed by atoms with van der Waals surface area (Å²) >= 11 is 2.77. The Morgan fingerprint density at radius 1 is 1.22 bits per heavy atom. The number of nitrogens with one attached hydrogen (secondary N) is 2. The lowest BCUT2D eigenvalue weighted by Crippen LogP contribution is -2.25. The van der Waals surface area contributed by atoms with E-state index in [9.17, 15) is 14.4 Å². The molecule has 0 saturated heterocycles. The maximum atomic E-state index is 13.7. The van der Waals surface area contributed by atoms with Gasteiger partial charge in [-0.1, -0.05) is 11.8 Å². The third kappa shape index (κ3) is 5.42. The maximum absolute atomic E-state index is 13.7. The molecule has 1 aromatic carbocycles. The van der Waals surface area contributed by atoms with Gasteiger partial charge in [-0.25, -0.2) is 4.98 Å². The fourth-order valence-electron chi connectivity index (χ4n) is 4.43. The smallest absolute Gasteiger partial charge is 0.263 e. The molecule has 1 aliphatic carbocycles. The van der Waals surface area contributed by atoms with Crippen LogP contribution in [0.3, 0.4) is 0 Å². The molecule has 192 valence electrons. The number of aryl methyl sites for hydroxylation is 2. The summed E-state index contributed by atoms with van der Waals surface area (Å²) in [7, 11) is 1.50. The number of nitrogens with zero attached hydrogens (tertiary/aromatic N) is 2. The van der Waals surface area contributed by atoms with Gasteiger partial charge >= 0.3 is 0 Å². The molecule has 0 fully saturated rings. The van der Waals surface area contributed by atoms with Crippen molar-refractivity contribution in [2.24, 2.45) is 0 Å². The number of hydrogen-bond acceptors (Lipinski definition) is 8. The van der Waals surface area contributed by atoms with Crippen molar-refractivity contribution in [2.75, 3.05) is 23.5 Å². The predicted octanol–water partition coefficient (Wildman–Crippen LogP) is 4.68. The maximum Gasteiger partial charge on any atom is 0.263 e. The Bertz CT molecular complexity index is 1520. The first kappa shape index (κ1) is 25.1. The zero-order valence-corrected chi connectivity index (χ0v) is 22.1. The summed E-state index contributed by atoms with van der Waals surface area (Å²) in [4.78, 5) is 44.8. The Morgan fingerprint density at radius 2 is 2.05 bits per heavy atom. The van der Waals surface area contributed by atoms with E-state index in [4.69, 9.17) is 14.1 Å². The highest BCUT2D eigenvalue weighted by Crippen LogP contribution is 2.35. The van der Waals surface area contributed by atoms with Crippen molar-refractivity contribution in [3.8, 4) is 5.75 Å². The number of thioether (sulfide) groups is 1. The molecular weight excluding hydrogens is 512 g/mol. The van der Waals surface area contributed by atoms with Crippen LogP contribution in [-0.4, -0.2) is 34.2 Å². The number of ether oxygens (including phenoxy) is 1. The van der Waals surface area contributed by atoms with Crippen molar-refractivity contribution in [2.45, 2.75) is 44.3 Å². The second-order valence-corrected chi connectivity index (χ2v) is 10.7. The van der Waals surface area contributed by atoms with Crippen LogP contribution in [-0.2, 0) is 29.0 Å². The van der Waals surface area contributed by atoms with Gasteiger partial charge in [0.25, 0.3) is 5.56 Å². The molecule has 3 heterocycles. The van der Waals surface area contributed by atoms with E-state index in [0.29, 0.717) is 33.4 Å². The molecule has 2 N–H and O–H groups in total. The van der Waals surface area contributed by atoms with Gasteiger partial charge in [-0.05, 0) is 61.6 Å². The number of furan rings is 1. The van der Waals surface area contributed by atoms with Crippen LogP contribution in [0.25, 0.3) is 10.2 Å². The SMILES string of the molecule is COc1ccc(NC(C)=O)cc1NC(=O)CSc1nc2sc3c(c2c(=O)n1Cc1ccco1)CCCC3. The van der Waals surface area contributed by atoms with E-state index in [0.717, 1.165) is 36.1 Å². The summed E-state index contributed by atoms with van der Waals surface area (Å²) < 4.78 is 12.5. The third-order valence-corrected chi connectivity index (χ3v) is 8.22. The van der Waals surface area contributed by atoms with E-state index in [1.54, 1.807) is 46.4 Å². The van der Waals surface area contributed by atoms with E-state index in [2.05, 4.69) is 10.6 Å². The average molecular weight is 539 g/mol. The fraction of sp³-hybridized carbons (Fsp3) is 0.308. The van der Waals surface area contributed by atoms with Gasteiger partial charge in [0.2, 0.25) is 11.8 Å². The minimum Gasteiger partial charge on any atom is -0.495 e. The number of aromatic nitrogens is 2. The Morgan fingerprint density at radius 3 is 2.81 bits per heavy atom. The zero-order chi connectivity index (χ0) is 25.9. The van der Waals surface area contributed by atoms with Crippen LogP contribution in [0, 0.1) is 0 Å². The molecule has 0 radical (unpaired) electrons. The monoisotopic (exact) mass is 538 g/mol. The van der Waals surface area contributed by atoms with Crippen LogP contribution < -0.4 is 20.9 Å². The molecule has 11 heteroatoms. The number of amides is 2. The van der Waals surface area contributed by atoms with Gasteiger partial charge in [0.05, 0.1) is 36.7 Å². The van der Waals surface area contributed by atoms with Crippen LogP contribution >= 0.6 is 23.1 Å². The van der Waals surface area contributed by atoms with Crippen molar-refractivity contribution in [3.05, 3.63) is 63.1 Å². The van der Waals surface area contributed by atoms with Crippen molar-refractivity contribution in [1.82, 2.24) is 9.55 Å². The van der Waals surface area contributed by atoms with Crippen LogP contribution in [0.15, 0.2) is 51.0 Å². The molecule has 3 aromatic heterocycles. The average Bonchev–Trinajstić information content (AvgIpc) is 3.52. The first-order chi connectivity index (χ1) is 17.9. The van der Waals surface area contributed by atoms with Gasteiger partial charge in [-0.3, -0.25) is 19.0 Å². The highest BCUT2D eigenvalue weighted by molar-refractivity contribution is 7.99. The molecule has 1 aliphatic rings. The third-order valence-electron chi connectivity index (χ3n) is 6.06. The number of benzene rings is 1. The summed E-state index contributed by atoms with van der Waals surface area (Å²) in [6, 6.07) is 8.59. The number of thiophene rings is 1. The number of carbonyl (C=O) groups excluding carboxylic acids is 2. The predicted molar refractivity (Wildman–Crippen MR) is 145 cm³/mol. The second-order valence-electron chi connectivity index (χ2n) is 8.69. The Hall–Kier alpha value is -3.57. The number of anilines is 2. The summed E-state index contributed by atoms with van der Waals surface area (Å²) in [5, 5.41) is 6.68. The summed E-state index contributed by atoms with van der Waals surface area (Å²) in [6.45, 7) is 1.64. The van der Waals surface area contributed by atoms with Crippen molar-refractivity contribution in [3.63, 3.8) is 0 Å². The number of rotatable bonds is 8. The Kier molecular flexibility index (Phi) is 7.33. The largest absolute Gasteiger partial charge is 0.495 e. The molecular formula is C26H26N4O5S2. The summed E-state index contributed by atoms with van der Waals surface area (Å²) in [6.07, 6.45) is 5.62. The van der Waals surface area contributed by atoms with Crippen molar-refractivity contribution < 1.29 is 18.7 Å². The van der Waals surface area contributed by atoms with Crippen LogP contribution in [0.5, 0.6) is 5.75 Å². The fourth-order valence-corrected chi connectivity index (χ4v) is 6.53. The van der Waals surface area contributed by atoms with Gasteiger partial charge < -0.3 is 19.8 Å². The zero-order valence-electron chi connectivity index (χ0n) is 20.5.